The number of rotatable bonds is 9. The van der Waals surface area contributed by atoms with Crippen LogP contribution in [0.5, 0.6) is 23.0 Å². The smallest absolute Gasteiger partial charge is 0.257 e. The van der Waals surface area contributed by atoms with Crippen LogP contribution in [-0.4, -0.2) is 46.0 Å². The maximum absolute atomic E-state index is 12.9. The normalized spacial score (nSPS) is 10.5. The molecule has 31 heavy (non-hydrogen) atoms. The van der Waals surface area contributed by atoms with Crippen molar-refractivity contribution in [2.75, 3.05) is 35.0 Å². The first kappa shape index (κ1) is 22.0. The lowest BCUT2D eigenvalue weighted by Gasteiger charge is -2.10. The average molecular weight is 426 g/mol. The molecule has 0 atom stereocenters. The van der Waals surface area contributed by atoms with Gasteiger partial charge in [-0.1, -0.05) is 11.2 Å². The number of carbonyl (C=O) groups excluding carboxylic acids is 1. The third-order valence-corrected chi connectivity index (χ3v) is 4.85. The van der Waals surface area contributed by atoms with Crippen molar-refractivity contribution >= 4 is 5.91 Å². The predicted molar refractivity (Wildman–Crippen MR) is 115 cm³/mol. The number of nitrogens with one attached hydrogen (secondary N) is 1. The van der Waals surface area contributed by atoms with Crippen LogP contribution >= 0.6 is 0 Å². The second kappa shape index (κ2) is 9.88. The van der Waals surface area contributed by atoms with E-state index in [4.69, 9.17) is 23.5 Å². The largest absolute Gasteiger partial charge is 0.497 e. The summed E-state index contributed by atoms with van der Waals surface area (Å²) in [6, 6.07) is 10.9. The van der Waals surface area contributed by atoms with Crippen molar-refractivity contribution in [1.82, 2.24) is 10.5 Å². The third-order valence-electron chi connectivity index (χ3n) is 4.85. The van der Waals surface area contributed by atoms with Gasteiger partial charge in [-0.25, -0.2) is 0 Å². The fourth-order valence-corrected chi connectivity index (χ4v) is 3.22. The Bertz CT molecular complexity index is 1040. The quantitative estimate of drug-likeness (QED) is 0.558. The number of benzene rings is 2. The molecule has 1 aromatic heterocycles. The summed E-state index contributed by atoms with van der Waals surface area (Å²) < 4.78 is 26.7. The fourth-order valence-electron chi connectivity index (χ4n) is 3.22. The summed E-state index contributed by atoms with van der Waals surface area (Å²) in [6.07, 6.45) is 0.624. The molecular formula is C23H26N2O6. The molecule has 0 bridgehead atoms. The maximum Gasteiger partial charge on any atom is 0.257 e. The molecule has 0 spiro atoms. The van der Waals surface area contributed by atoms with Gasteiger partial charge in [-0.2, -0.15) is 0 Å². The van der Waals surface area contributed by atoms with Crippen LogP contribution in [0.15, 0.2) is 40.9 Å². The van der Waals surface area contributed by atoms with Crippen molar-refractivity contribution in [2.45, 2.75) is 13.3 Å². The van der Waals surface area contributed by atoms with Gasteiger partial charge in [0, 0.05) is 18.2 Å². The SMILES string of the molecule is COc1cc(OC)cc(-c2onc(C)c2C(=O)NCCc2ccc(OC)c(OC)c2)c1. The van der Waals surface area contributed by atoms with Crippen LogP contribution in [0.25, 0.3) is 11.3 Å². The van der Waals surface area contributed by atoms with E-state index in [-0.39, 0.29) is 5.91 Å². The topological polar surface area (TPSA) is 92.1 Å². The number of carbonyl (C=O) groups is 1. The standard InChI is InChI=1S/C23H26N2O6/c1-14-21(22(31-25-14)16-11-17(27-2)13-18(12-16)28-3)23(26)24-9-8-15-6-7-19(29-4)20(10-15)30-5/h6-7,10-13H,8-9H2,1-5H3,(H,24,26). The van der Waals surface area contributed by atoms with E-state index in [9.17, 15) is 4.79 Å². The second-order valence-corrected chi connectivity index (χ2v) is 6.77. The Morgan fingerprint density at radius 1 is 0.935 bits per heavy atom. The van der Waals surface area contributed by atoms with Crippen LogP contribution in [-0.2, 0) is 6.42 Å². The number of ether oxygens (including phenoxy) is 4. The minimum absolute atomic E-state index is 0.268. The molecule has 0 aliphatic carbocycles. The van der Waals surface area contributed by atoms with Crippen LogP contribution < -0.4 is 24.3 Å². The first-order chi connectivity index (χ1) is 15.0. The molecule has 164 valence electrons. The molecule has 2 aromatic carbocycles. The molecule has 0 fully saturated rings. The van der Waals surface area contributed by atoms with E-state index < -0.39 is 0 Å². The Labute approximate surface area is 181 Å². The number of amides is 1. The predicted octanol–water partition coefficient (Wildman–Crippen LogP) is 3.66. The molecular weight excluding hydrogens is 400 g/mol. The van der Waals surface area contributed by atoms with E-state index in [0.717, 1.165) is 5.56 Å². The van der Waals surface area contributed by atoms with E-state index >= 15 is 0 Å². The highest BCUT2D eigenvalue weighted by Gasteiger charge is 2.22. The first-order valence-corrected chi connectivity index (χ1v) is 9.69. The van der Waals surface area contributed by atoms with Crippen molar-refractivity contribution < 1.29 is 28.3 Å². The zero-order chi connectivity index (χ0) is 22.4. The van der Waals surface area contributed by atoms with Gasteiger partial charge in [0.05, 0.1) is 34.1 Å². The van der Waals surface area contributed by atoms with E-state index in [1.165, 1.54) is 0 Å². The van der Waals surface area contributed by atoms with E-state index in [0.29, 0.717) is 58.5 Å². The van der Waals surface area contributed by atoms with Gasteiger partial charge >= 0.3 is 0 Å². The summed E-state index contributed by atoms with van der Waals surface area (Å²) in [5, 5.41) is 6.92. The van der Waals surface area contributed by atoms with Crippen LogP contribution in [0.3, 0.4) is 0 Å². The van der Waals surface area contributed by atoms with Crippen LogP contribution in [0.4, 0.5) is 0 Å². The van der Waals surface area contributed by atoms with Crippen molar-refractivity contribution in [2.24, 2.45) is 0 Å². The van der Waals surface area contributed by atoms with Gasteiger partial charge in [-0.3, -0.25) is 4.79 Å². The summed E-state index contributed by atoms with van der Waals surface area (Å²) >= 11 is 0. The lowest BCUT2D eigenvalue weighted by atomic mass is 10.1. The van der Waals surface area contributed by atoms with Gasteiger partial charge in [-0.05, 0) is 43.2 Å². The molecule has 0 saturated carbocycles. The van der Waals surface area contributed by atoms with Gasteiger partial charge in [0.15, 0.2) is 17.3 Å². The summed E-state index contributed by atoms with van der Waals surface area (Å²) in [5.74, 6) is 2.57. The Hall–Kier alpha value is -3.68. The molecule has 0 aliphatic heterocycles. The van der Waals surface area contributed by atoms with Gasteiger partial charge in [0.2, 0.25) is 0 Å². The highest BCUT2D eigenvalue weighted by Crippen LogP contribution is 2.33. The maximum atomic E-state index is 12.9. The number of methoxy groups -OCH3 is 4. The van der Waals surface area contributed by atoms with E-state index in [1.54, 1.807) is 53.6 Å². The molecule has 3 aromatic rings. The van der Waals surface area contributed by atoms with Gasteiger partial charge in [-0.15, -0.1) is 0 Å². The van der Waals surface area contributed by atoms with E-state index in [1.807, 2.05) is 18.2 Å². The van der Waals surface area contributed by atoms with Gasteiger partial charge in [0.25, 0.3) is 5.91 Å². The summed E-state index contributed by atoms with van der Waals surface area (Å²) in [4.78, 5) is 12.9. The molecule has 1 amide bonds. The van der Waals surface area contributed by atoms with Crippen LogP contribution in [0.2, 0.25) is 0 Å². The molecule has 8 nitrogen and oxygen atoms in total. The van der Waals surface area contributed by atoms with Crippen LogP contribution in [0, 0.1) is 6.92 Å². The fraction of sp³-hybridized carbons (Fsp3) is 0.304. The Balaban J connectivity index is 1.76. The summed E-state index contributed by atoms with van der Waals surface area (Å²) in [5.41, 5.74) is 2.53. The second-order valence-electron chi connectivity index (χ2n) is 6.77. The summed E-state index contributed by atoms with van der Waals surface area (Å²) in [7, 11) is 6.31. The minimum atomic E-state index is -0.268. The van der Waals surface area contributed by atoms with Gasteiger partial charge < -0.3 is 28.8 Å². The van der Waals surface area contributed by atoms with Crippen molar-refractivity contribution in [3.05, 3.63) is 53.2 Å². The number of nitrogens with zero attached hydrogens (tertiary/aromatic N) is 1. The number of aryl methyl sites for hydroxylation is 1. The summed E-state index contributed by atoms with van der Waals surface area (Å²) in [6.45, 7) is 2.16. The van der Waals surface area contributed by atoms with Crippen molar-refractivity contribution in [3.63, 3.8) is 0 Å². The Morgan fingerprint density at radius 2 is 1.61 bits per heavy atom. The zero-order valence-electron chi connectivity index (χ0n) is 18.3. The zero-order valence-corrected chi connectivity index (χ0v) is 18.3. The average Bonchev–Trinajstić information content (AvgIpc) is 3.19. The van der Waals surface area contributed by atoms with Gasteiger partial charge in [0.1, 0.15) is 17.1 Å². The molecule has 1 N–H and O–H groups in total. The molecule has 1 heterocycles. The minimum Gasteiger partial charge on any atom is -0.497 e. The van der Waals surface area contributed by atoms with Crippen molar-refractivity contribution in [1.29, 1.82) is 0 Å². The van der Waals surface area contributed by atoms with E-state index in [2.05, 4.69) is 10.5 Å². The Morgan fingerprint density at radius 3 is 2.23 bits per heavy atom. The lowest BCUT2D eigenvalue weighted by Crippen LogP contribution is -2.26. The number of aromatic nitrogens is 1. The van der Waals surface area contributed by atoms with Crippen molar-refractivity contribution in [3.8, 4) is 34.3 Å². The first-order valence-electron chi connectivity index (χ1n) is 9.69. The third kappa shape index (κ3) is 4.91. The molecule has 0 aliphatic rings. The Kier molecular flexibility index (Phi) is 7.02. The highest BCUT2D eigenvalue weighted by molar-refractivity contribution is 6.00. The lowest BCUT2D eigenvalue weighted by molar-refractivity contribution is 0.0954. The highest BCUT2D eigenvalue weighted by atomic mass is 16.5. The molecule has 0 radical (unpaired) electrons. The number of hydrogen-bond acceptors (Lipinski definition) is 7. The molecule has 0 unspecified atom stereocenters. The molecule has 0 saturated heterocycles. The molecule has 3 rings (SSSR count). The monoisotopic (exact) mass is 426 g/mol. The van der Waals surface area contributed by atoms with Crippen LogP contribution in [0.1, 0.15) is 21.6 Å². The molecule has 8 heteroatoms. The number of hydrogen-bond donors (Lipinski definition) is 1.